The van der Waals surface area contributed by atoms with Crippen molar-refractivity contribution in [2.24, 2.45) is 5.92 Å². The van der Waals surface area contributed by atoms with Crippen LogP contribution in [0.1, 0.15) is 44.1 Å². The highest BCUT2D eigenvalue weighted by Gasteiger charge is 2.17. The molecule has 0 bridgehead atoms. The number of ether oxygens (including phenoxy) is 1. The van der Waals surface area contributed by atoms with Crippen molar-refractivity contribution in [3.05, 3.63) is 23.8 Å². The number of carbonyl (C=O) groups is 3. The molecule has 7 heteroatoms. The van der Waals surface area contributed by atoms with E-state index in [1.54, 1.807) is 25.1 Å². The molecule has 1 aromatic rings. The van der Waals surface area contributed by atoms with E-state index >= 15 is 0 Å². The first-order valence-electron chi connectivity index (χ1n) is 8.96. The fourth-order valence-corrected chi connectivity index (χ4v) is 3.11. The lowest BCUT2D eigenvalue weighted by Gasteiger charge is -2.20. The molecule has 0 unspecified atom stereocenters. The smallest absolute Gasteiger partial charge is 0.341 e. The lowest BCUT2D eigenvalue weighted by atomic mass is 9.87. The molecule has 142 valence electrons. The third-order valence-corrected chi connectivity index (χ3v) is 4.48. The third-order valence-electron chi connectivity index (χ3n) is 4.48. The molecule has 1 aliphatic carbocycles. The second kappa shape index (κ2) is 9.79. The highest BCUT2D eigenvalue weighted by molar-refractivity contribution is 5.95. The number of aliphatic carboxylic acids is 1. The van der Waals surface area contributed by atoms with Gasteiger partial charge in [0.05, 0.1) is 6.54 Å². The maximum absolute atomic E-state index is 12.0. The molecule has 0 aliphatic heterocycles. The summed E-state index contributed by atoms with van der Waals surface area (Å²) in [7, 11) is 0. The molecule has 7 nitrogen and oxygen atoms in total. The molecule has 0 spiro atoms. The zero-order valence-corrected chi connectivity index (χ0v) is 15.0. The molecule has 1 aromatic carbocycles. The SMILES string of the molecule is Cc1cc(OCC(=O)O)ccc1NC(=O)CNC(=O)CC1CCCCC1. The highest BCUT2D eigenvalue weighted by Crippen LogP contribution is 2.26. The number of benzene rings is 1. The van der Waals surface area contributed by atoms with Gasteiger partial charge in [0.2, 0.25) is 11.8 Å². The van der Waals surface area contributed by atoms with E-state index in [1.807, 2.05) is 0 Å². The Morgan fingerprint density at radius 1 is 1.15 bits per heavy atom. The summed E-state index contributed by atoms with van der Waals surface area (Å²) in [6.45, 7) is 1.30. The van der Waals surface area contributed by atoms with Gasteiger partial charge in [0.15, 0.2) is 6.61 Å². The Morgan fingerprint density at radius 2 is 1.88 bits per heavy atom. The lowest BCUT2D eigenvalue weighted by molar-refractivity contribution is -0.139. The molecule has 26 heavy (non-hydrogen) atoms. The standard InChI is InChI=1S/C19H26N2O5/c1-13-9-15(26-12-19(24)25)7-8-16(13)21-18(23)11-20-17(22)10-14-5-3-2-4-6-14/h7-9,14H,2-6,10-12H2,1H3,(H,20,22)(H,21,23)(H,24,25). The Morgan fingerprint density at radius 3 is 2.54 bits per heavy atom. The van der Waals surface area contributed by atoms with Crippen LogP contribution >= 0.6 is 0 Å². The van der Waals surface area contributed by atoms with E-state index in [0.29, 0.717) is 23.8 Å². The Kier molecular flexibility index (Phi) is 7.44. The second-order valence-corrected chi connectivity index (χ2v) is 6.69. The van der Waals surface area contributed by atoms with Crippen molar-refractivity contribution >= 4 is 23.5 Å². The molecule has 2 amide bonds. The van der Waals surface area contributed by atoms with Gasteiger partial charge in [-0.1, -0.05) is 19.3 Å². The maximum atomic E-state index is 12.0. The zero-order valence-electron chi connectivity index (χ0n) is 15.0. The van der Waals surface area contributed by atoms with E-state index in [0.717, 1.165) is 18.4 Å². The van der Waals surface area contributed by atoms with Gasteiger partial charge in [0.1, 0.15) is 5.75 Å². The Labute approximate surface area is 153 Å². The quantitative estimate of drug-likeness (QED) is 0.659. The number of rotatable bonds is 8. The van der Waals surface area contributed by atoms with E-state index in [2.05, 4.69) is 10.6 Å². The predicted molar refractivity (Wildman–Crippen MR) is 97.1 cm³/mol. The zero-order chi connectivity index (χ0) is 18.9. The summed E-state index contributed by atoms with van der Waals surface area (Å²) >= 11 is 0. The third kappa shape index (κ3) is 6.74. The number of anilines is 1. The van der Waals surface area contributed by atoms with Crippen LogP contribution in [0.3, 0.4) is 0 Å². The van der Waals surface area contributed by atoms with Crippen molar-refractivity contribution in [1.82, 2.24) is 5.32 Å². The van der Waals surface area contributed by atoms with Crippen LogP contribution in [0.2, 0.25) is 0 Å². The van der Waals surface area contributed by atoms with Crippen molar-refractivity contribution in [3.63, 3.8) is 0 Å². The maximum Gasteiger partial charge on any atom is 0.341 e. The fraction of sp³-hybridized carbons (Fsp3) is 0.526. The second-order valence-electron chi connectivity index (χ2n) is 6.69. The van der Waals surface area contributed by atoms with Crippen LogP contribution in [0.4, 0.5) is 5.69 Å². The Hall–Kier alpha value is -2.57. The first-order valence-corrected chi connectivity index (χ1v) is 8.96. The van der Waals surface area contributed by atoms with Gasteiger partial charge in [0, 0.05) is 12.1 Å². The molecule has 0 atom stereocenters. The summed E-state index contributed by atoms with van der Waals surface area (Å²) in [6, 6.07) is 4.89. The van der Waals surface area contributed by atoms with Gasteiger partial charge >= 0.3 is 5.97 Å². The first kappa shape index (κ1) is 19.8. The van der Waals surface area contributed by atoms with Crippen molar-refractivity contribution in [2.45, 2.75) is 45.4 Å². The van der Waals surface area contributed by atoms with Crippen molar-refractivity contribution < 1.29 is 24.2 Å². The summed E-state index contributed by atoms with van der Waals surface area (Å²) in [5, 5.41) is 14.0. The van der Waals surface area contributed by atoms with E-state index in [4.69, 9.17) is 9.84 Å². The van der Waals surface area contributed by atoms with Gasteiger partial charge in [-0.2, -0.15) is 0 Å². The number of carboxylic acids is 1. The Balaban J connectivity index is 1.76. The minimum absolute atomic E-state index is 0.0672. The molecule has 0 saturated heterocycles. The minimum Gasteiger partial charge on any atom is -0.482 e. The highest BCUT2D eigenvalue weighted by atomic mass is 16.5. The number of hydrogen-bond donors (Lipinski definition) is 3. The van der Waals surface area contributed by atoms with E-state index in [9.17, 15) is 14.4 Å². The average molecular weight is 362 g/mol. The molecule has 1 fully saturated rings. The summed E-state index contributed by atoms with van der Waals surface area (Å²) in [4.78, 5) is 34.5. The van der Waals surface area contributed by atoms with Gasteiger partial charge in [-0.05, 0) is 49.4 Å². The van der Waals surface area contributed by atoms with Gasteiger partial charge in [-0.3, -0.25) is 9.59 Å². The van der Waals surface area contributed by atoms with E-state index < -0.39 is 12.6 Å². The first-order chi connectivity index (χ1) is 12.4. The van der Waals surface area contributed by atoms with Crippen LogP contribution in [-0.4, -0.2) is 36.0 Å². The normalized spacial score (nSPS) is 14.5. The van der Waals surface area contributed by atoms with Crippen LogP contribution in [0, 0.1) is 12.8 Å². The van der Waals surface area contributed by atoms with Gasteiger partial charge in [-0.15, -0.1) is 0 Å². The van der Waals surface area contributed by atoms with Crippen molar-refractivity contribution in [3.8, 4) is 5.75 Å². The van der Waals surface area contributed by atoms with E-state index in [1.165, 1.54) is 19.3 Å². The molecule has 0 heterocycles. The summed E-state index contributed by atoms with van der Waals surface area (Å²) in [5.74, 6) is -0.578. The molecular formula is C19H26N2O5. The molecule has 1 aliphatic rings. The molecule has 0 radical (unpaired) electrons. The molecule has 3 N–H and O–H groups in total. The lowest BCUT2D eigenvalue weighted by Crippen LogP contribution is -2.34. The predicted octanol–water partition coefficient (Wildman–Crippen LogP) is 2.48. The van der Waals surface area contributed by atoms with Crippen LogP contribution in [0.25, 0.3) is 0 Å². The molecular weight excluding hydrogens is 336 g/mol. The van der Waals surface area contributed by atoms with Gasteiger partial charge in [0.25, 0.3) is 0 Å². The number of amides is 2. The number of carboxylic acid groups (broad SMARTS) is 1. The average Bonchev–Trinajstić information content (AvgIpc) is 2.61. The Bertz CT molecular complexity index is 653. The van der Waals surface area contributed by atoms with Crippen LogP contribution in [-0.2, 0) is 14.4 Å². The van der Waals surface area contributed by atoms with Crippen LogP contribution in [0.15, 0.2) is 18.2 Å². The number of hydrogen-bond acceptors (Lipinski definition) is 4. The van der Waals surface area contributed by atoms with Crippen molar-refractivity contribution in [2.75, 3.05) is 18.5 Å². The van der Waals surface area contributed by atoms with E-state index in [-0.39, 0.29) is 18.4 Å². The summed E-state index contributed by atoms with van der Waals surface area (Å²) < 4.78 is 5.09. The van der Waals surface area contributed by atoms with Gasteiger partial charge in [-0.25, -0.2) is 4.79 Å². The fourth-order valence-electron chi connectivity index (χ4n) is 3.11. The molecule has 2 rings (SSSR count). The van der Waals surface area contributed by atoms with Crippen LogP contribution in [0.5, 0.6) is 5.75 Å². The minimum atomic E-state index is -1.05. The monoisotopic (exact) mass is 362 g/mol. The number of nitrogens with one attached hydrogen (secondary N) is 2. The summed E-state index contributed by atoms with van der Waals surface area (Å²) in [5.41, 5.74) is 1.34. The van der Waals surface area contributed by atoms with Crippen LogP contribution < -0.4 is 15.4 Å². The number of carbonyl (C=O) groups excluding carboxylic acids is 2. The summed E-state index contributed by atoms with van der Waals surface area (Å²) in [6.07, 6.45) is 6.29. The number of aryl methyl sites for hydroxylation is 1. The topological polar surface area (TPSA) is 105 Å². The van der Waals surface area contributed by atoms with Gasteiger partial charge < -0.3 is 20.5 Å². The molecule has 1 saturated carbocycles. The molecule has 0 aromatic heterocycles. The van der Waals surface area contributed by atoms with Crippen molar-refractivity contribution in [1.29, 1.82) is 0 Å². The largest absolute Gasteiger partial charge is 0.482 e.